The van der Waals surface area contributed by atoms with Crippen molar-refractivity contribution in [1.29, 1.82) is 0 Å². The van der Waals surface area contributed by atoms with Crippen molar-refractivity contribution in [3.63, 3.8) is 0 Å². The molecule has 1 aliphatic rings. The summed E-state index contributed by atoms with van der Waals surface area (Å²) in [4.78, 5) is 1.27. The molecule has 0 aromatic heterocycles. The van der Waals surface area contributed by atoms with Crippen LogP contribution >= 0.6 is 11.8 Å². The van der Waals surface area contributed by atoms with Crippen LogP contribution in [0.1, 0.15) is 26.7 Å². The van der Waals surface area contributed by atoms with Gasteiger partial charge in [-0.05, 0) is 37.3 Å². The van der Waals surface area contributed by atoms with Crippen LogP contribution in [0.5, 0.6) is 5.75 Å². The van der Waals surface area contributed by atoms with Gasteiger partial charge in [0, 0.05) is 4.90 Å². The predicted molar refractivity (Wildman–Crippen MR) is 70.7 cm³/mol. The second-order valence-electron chi connectivity index (χ2n) is 4.21. The van der Waals surface area contributed by atoms with Gasteiger partial charge in [0.15, 0.2) is 0 Å². The summed E-state index contributed by atoms with van der Waals surface area (Å²) in [6.07, 6.45) is 4.17. The summed E-state index contributed by atoms with van der Waals surface area (Å²) in [5.74, 6) is 0.993. The van der Waals surface area contributed by atoms with E-state index < -0.39 is 0 Å². The van der Waals surface area contributed by atoms with Crippen LogP contribution in [-0.2, 0) is 0 Å². The molecule has 1 aromatic rings. The molecule has 0 fully saturated rings. The number of ether oxygens (including phenoxy) is 1. The van der Waals surface area contributed by atoms with Gasteiger partial charge in [-0.1, -0.05) is 13.8 Å². The minimum absolute atomic E-state index is 0.0200. The lowest BCUT2D eigenvalue weighted by Crippen LogP contribution is -2.44. The summed E-state index contributed by atoms with van der Waals surface area (Å²) < 4.78 is 6.15. The number of benzene rings is 1. The molecule has 0 bridgehead atoms. The van der Waals surface area contributed by atoms with Crippen LogP contribution in [0.25, 0.3) is 0 Å². The van der Waals surface area contributed by atoms with Gasteiger partial charge in [-0.15, -0.1) is 11.8 Å². The molecule has 0 radical (unpaired) electrons. The molecule has 0 aliphatic carbocycles. The van der Waals surface area contributed by atoms with Gasteiger partial charge in [0.25, 0.3) is 0 Å². The maximum absolute atomic E-state index is 6.15. The van der Waals surface area contributed by atoms with Crippen LogP contribution in [0.3, 0.4) is 0 Å². The molecule has 1 N–H and O–H groups in total. The smallest absolute Gasteiger partial charge is 0.143 e. The van der Waals surface area contributed by atoms with Crippen molar-refractivity contribution in [2.45, 2.75) is 37.2 Å². The van der Waals surface area contributed by atoms with Gasteiger partial charge in [0.2, 0.25) is 0 Å². The Balaban J connectivity index is 2.28. The lowest BCUT2D eigenvalue weighted by molar-refractivity contribution is 0.0670. The third-order valence-corrected chi connectivity index (χ3v) is 4.13. The minimum Gasteiger partial charge on any atom is -0.483 e. The number of hydrogen-bond acceptors (Lipinski definition) is 3. The molecule has 16 heavy (non-hydrogen) atoms. The summed E-state index contributed by atoms with van der Waals surface area (Å²) in [5.41, 5.74) is 1.11. The topological polar surface area (TPSA) is 21.3 Å². The van der Waals surface area contributed by atoms with Crippen molar-refractivity contribution in [2.24, 2.45) is 0 Å². The van der Waals surface area contributed by atoms with Crippen molar-refractivity contribution < 1.29 is 4.74 Å². The van der Waals surface area contributed by atoms with Crippen molar-refractivity contribution in [1.82, 2.24) is 0 Å². The normalized spacial score (nSPS) is 17.2. The average Bonchev–Trinajstić information content (AvgIpc) is 2.37. The van der Waals surface area contributed by atoms with Crippen molar-refractivity contribution >= 4 is 17.4 Å². The molecule has 3 heteroatoms. The molecule has 1 aliphatic heterocycles. The van der Waals surface area contributed by atoms with Gasteiger partial charge in [-0.3, -0.25) is 0 Å². The minimum atomic E-state index is -0.0200. The Kier molecular flexibility index (Phi) is 3.33. The zero-order chi connectivity index (χ0) is 11.6. The fraction of sp³-hybridized carbons (Fsp3) is 0.538. The first-order valence-corrected chi connectivity index (χ1v) is 7.06. The molecule has 0 atom stereocenters. The first-order chi connectivity index (χ1) is 7.73. The molecule has 0 spiro atoms. The Bertz CT molecular complexity index is 374. The summed E-state index contributed by atoms with van der Waals surface area (Å²) in [7, 11) is 0. The Morgan fingerprint density at radius 3 is 2.75 bits per heavy atom. The molecule has 88 valence electrons. The summed E-state index contributed by atoms with van der Waals surface area (Å²) in [6, 6.07) is 6.36. The third-order valence-electron chi connectivity index (χ3n) is 3.40. The fourth-order valence-electron chi connectivity index (χ4n) is 2.03. The highest BCUT2D eigenvalue weighted by Gasteiger charge is 2.32. The Hall–Kier alpha value is -0.830. The van der Waals surface area contributed by atoms with E-state index in [1.165, 1.54) is 4.90 Å². The third kappa shape index (κ3) is 2.01. The van der Waals surface area contributed by atoms with E-state index in [1.54, 1.807) is 11.8 Å². The highest BCUT2D eigenvalue weighted by molar-refractivity contribution is 7.98. The largest absolute Gasteiger partial charge is 0.483 e. The molecule has 0 saturated carbocycles. The van der Waals surface area contributed by atoms with Crippen LogP contribution in [0.4, 0.5) is 5.69 Å². The molecule has 0 unspecified atom stereocenters. The van der Waals surface area contributed by atoms with E-state index in [0.29, 0.717) is 0 Å². The number of fused-ring (bicyclic) bond motifs is 1. The standard InChI is InChI=1S/C13H19NOS/c1-4-13(5-2)9-14-11-8-10(16-3)6-7-12(11)15-13/h6-8,14H,4-5,9H2,1-3H3. The lowest BCUT2D eigenvalue weighted by Gasteiger charge is -2.38. The van der Waals surface area contributed by atoms with Crippen molar-refractivity contribution in [3.8, 4) is 5.75 Å². The quantitative estimate of drug-likeness (QED) is 0.809. The SMILES string of the molecule is CCC1(CC)CNc2cc(SC)ccc2O1. The molecule has 1 aromatic carbocycles. The molecule has 0 saturated heterocycles. The predicted octanol–water partition coefficient (Wildman–Crippen LogP) is 3.77. The first-order valence-electron chi connectivity index (χ1n) is 5.84. The average molecular weight is 237 g/mol. The van der Waals surface area contributed by atoms with E-state index in [2.05, 4.69) is 43.6 Å². The second-order valence-corrected chi connectivity index (χ2v) is 5.09. The van der Waals surface area contributed by atoms with Gasteiger partial charge in [0.1, 0.15) is 11.4 Å². The summed E-state index contributed by atoms with van der Waals surface area (Å²) in [6.45, 7) is 5.28. The maximum Gasteiger partial charge on any atom is 0.143 e. The van der Waals surface area contributed by atoms with Crippen LogP contribution in [0.2, 0.25) is 0 Å². The maximum atomic E-state index is 6.15. The van der Waals surface area contributed by atoms with E-state index in [9.17, 15) is 0 Å². The number of thioether (sulfide) groups is 1. The van der Waals surface area contributed by atoms with E-state index >= 15 is 0 Å². The van der Waals surface area contributed by atoms with E-state index in [0.717, 1.165) is 30.8 Å². The molecule has 1 heterocycles. The Labute approximate surface area is 102 Å². The van der Waals surface area contributed by atoms with E-state index in [-0.39, 0.29) is 5.60 Å². The highest BCUT2D eigenvalue weighted by atomic mass is 32.2. The molecular formula is C13H19NOS. The number of hydrogen-bond donors (Lipinski definition) is 1. The summed E-state index contributed by atoms with van der Waals surface area (Å²) >= 11 is 1.76. The highest BCUT2D eigenvalue weighted by Crippen LogP contribution is 2.37. The van der Waals surface area contributed by atoms with Crippen LogP contribution in [0, 0.1) is 0 Å². The van der Waals surface area contributed by atoms with Gasteiger partial charge < -0.3 is 10.1 Å². The monoisotopic (exact) mass is 237 g/mol. The number of rotatable bonds is 3. The molecule has 0 amide bonds. The van der Waals surface area contributed by atoms with Crippen LogP contribution < -0.4 is 10.1 Å². The first kappa shape index (κ1) is 11.6. The van der Waals surface area contributed by atoms with Gasteiger partial charge in [-0.25, -0.2) is 0 Å². The van der Waals surface area contributed by atoms with Gasteiger partial charge in [0.05, 0.1) is 12.2 Å². The van der Waals surface area contributed by atoms with Gasteiger partial charge in [-0.2, -0.15) is 0 Å². The van der Waals surface area contributed by atoms with Crippen LogP contribution in [0.15, 0.2) is 23.1 Å². The Morgan fingerprint density at radius 2 is 2.12 bits per heavy atom. The fourth-order valence-corrected chi connectivity index (χ4v) is 2.47. The summed E-state index contributed by atoms with van der Waals surface area (Å²) in [5, 5.41) is 3.49. The van der Waals surface area contributed by atoms with E-state index in [1.807, 2.05) is 0 Å². The van der Waals surface area contributed by atoms with E-state index in [4.69, 9.17) is 4.74 Å². The lowest BCUT2D eigenvalue weighted by atomic mass is 9.95. The molecule has 2 rings (SSSR count). The van der Waals surface area contributed by atoms with Gasteiger partial charge >= 0.3 is 0 Å². The molecular weight excluding hydrogens is 218 g/mol. The number of nitrogens with one attached hydrogen (secondary N) is 1. The number of anilines is 1. The molecule has 2 nitrogen and oxygen atoms in total. The van der Waals surface area contributed by atoms with Crippen molar-refractivity contribution in [3.05, 3.63) is 18.2 Å². The zero-order valence-corrected chi connectivity index (χ0v) is 11.0. The zero-order valence-electron chi connectivity index (χ0n) is 10.2. The van der Waals surface area contributed by atoms with Crippen LogP contribution in [-0.4, -0.2) is 18.4 Å². The van der Waals surface area contributed by atoms with Crippen molar-refractivity contribution in [2.75, 3.05) is 18.1 Å². The second kappa shape index (κ2) is 4.58. The Morgan fingerprint density at radius 1 is 1.38 bits per heavy atom.